The van der Waals surface area contributed by atoms with Gasteiger partial charge in [0.05, 0.1) is 11.6 Å². The minimum Gasteiger partial charge on any atom is -0.339 e. The molecule has 0 saturated carbocycles. The number of piperazine rings is 1. The number of hydrogen-bond donors (Lipinski definition) is 0. The van der Waals surface area contributed by atoms with Gasteiger partial charge in [-0.05, 0) is 11.6 Å². The van der Waals surface area contributed by atoms with Crippen LogP contribution in [0.2, 0.25) is 0 Å². The lowest BCUT2D eigenvalue weighted by Crippen LogP contribution is -2.50. The van der Waals surface area contributed by atoms with Crippen molar-refractivity contribution < 1.29 is 4.79 Å². The van der Waals surface area contributed by atoms with Crippen molar-refractivity contribution in [2.24, 2.45) is 0 Å². The fourth-order valence-corrected chi connectivity index (χ4v) is 3.55. The first-order chi connectivity index (χ1) is 14.2. The SMILES string of the molecule is O=C(Cn1ncc2ccccc2c1=O)N1CCN(CC=Cc2ccccc2)CC1. The van der Waals surface area contributed by atoms with E-state index in [0.717, 1.165) is 25.0 Å². The Morgan fingerprint density at radius 3 is 2.48 bits per heavy atom. The van der Waals surface area contributed by atoms with Crippen LogP contribution in [0.4, 0.5) is 0 Å². The van der Waals surface area contributed by atoms with Gasteiger partial charge in [-0.15, -0.1) is 0 Å². The van der Waals surface area contributed by atoms with E-state index in [1.54, 1.807) is 12.3 Å². The summed E-state index contributed by atoms with van der Waals surface area (Å²) in [5.74, 6) is -0.0608. The monoisotopic (exact) mass is 388 g/mol. The van der Waals surface area contributed by atoms with Crippen molar-refractivity contribution in [1.82, 2.24) is 19.6 Å². The highest BCUT2D eigenvalue weighted by Crippen LogP contribution is 2.08. The normalized spacial score (nSPS) is 15.2. The van der Waals surface area contributed by atoms with E-state index in [-0.39, 0.29) is 18.0 Å². The first kappa shape index (κ1) is 19.1. The van der Waals surface area contributed by atoms with E-state index in [1.807, 2.05) is 41.3 Å². The predicted octanol–water partition coefficient (Wildman–Crippen LogP) is 2.25. The van der Waals surface area contributed by atoms with Crippen molar-refractivity contribution >= 4 is 22.8 Å². The Morgan fingerprint density at radius 2 is 1.69 bits per heavy atom. The van der Waals surface area contributed by atoms with Crippen molar-refractivity contribution in [3.05, 3.63) is 82.8 Å². The van der Waals surface area contributed by atoms with Gasteiger partial charge in [0.15, 0.2) is 0 Å². The Morgan fingerprint density at radius 1 is 0.966 bits per heavy atom. The number of carbonyl (C=O) groups is 1. The smallest absolute Gasteiger partial charge is 0.275 e. The second-order valence-corrected chi connectivity index (χ2v) is 7.19. The minimum atomic E-state index is -0.221. The Balaban J connectivity index is 1.31. The molecule has 6 heteroatoms. The Bertz CT molecular complexity index is 1070. The summed E-state index contributed by atoms with van der Waals surface area (Å²) in [6, 6.07) is 17.5. The third-order valence-electron chi connectivity index (χ3n) is 5.25. The lowest BCUT2D eigenvalue weighted by atomic mass is 10.2. The molecule has 6 nitrogen and oxygen atoms in total. The van der Waals surface area contributed by atoms with Gasteiger partial charge >= 0.3 is 0 Å². The Hall–Kier alpha value is -3.25. The Labute approximate surface area is 169 Å². The lowest BCUT2D eigenvalue weighted by Gasteiger charge is -2.34. The lowest BCUT2D eigenvalue weighted by molar-refractivity contribution is -0.133. The number of nitrogens with zero attached hydrogens (tertiary/aromatic N) is 4. The van der Waals surface area contributed by atoms with Crippen LogP contribution in [0, 0.1) is 0 Å². The van der Waals surface area contributed by atoms with Crippen molar-refractivity contribution in [2.45, 2.75) is 6.54 Å². The molecule has 1 aliphatic heterocycles. The average molecular weight is 388 g/mol. The summed E-state index contributed by atoms with van der Waals surface area (Å²) in [6.45, 7) is 3.83. The average Bonchev–Trinajstić information content (AvgIpc) is 2.77. The minimum absolute atomic E-state index is 0.0163. The molecule has 3 aromatic rings. The van der Waals surface area contributed by atoms with E-state index in [9.17, 15) is 9.59 Å². The van der Waals surface area contributed by atoms with Gasteiger partial charge in [-0.3, -0.25) is 14.5 Å². The maximum atomic E-state index is 12.7. The van der Waals surface area contributed by atoms with E-state index in [0.29, 0.717) is 18.5 Å². The highest BCUT2D eigenvalue weighted by Gasteiger charge is 2.21. The first-order valence-electron chi connectivity index (χ1n) is 9.87. The molecular formula is C23H24N4O2. The van der Waals surface area contributed by atoms with Gasteiger partial charge in [0.2, 0.25) is 5.91 Å². The van der Waals surface area contributed by atoms with Crippen molar-refractivity contribution in [2.75, 3.05) is 32.7 Å². The molecule has 0 bridgehead atoms. The molecule has 1 fully saturated rings. The van der Waals surface area contributed by atoms with Gasteiger partial charge in [-0.1, -0.05) is 60.7 Å². The summed E-state index contributed by atoms with van der Waals surface area (Å²) in [4.78, 5) is 29.3. The van der Waals surface area contributed by atoms with Gasteiger partial charge in [-0.25, -0.2) is 4.68 Å². The number of hydrogen-bond acceptors (Lipinski definition) is 4. The van der Waals surface area contributed by atoms with Crippen LogP contribution >= 0.6 is 0 Å². The predicted molar refractivity (Wildman–Crippen MR) is 114 cm³/mol. The second-order valence-electron chi connectivity index (χ2n) is 7.19. The van der Waals surface area contributed by atoms with Crippen LogP contribution in [0.15, 0.2) is 71.7 Å². The maximum absolute atomic E-state index is 12.7. The summed E-state index contributed by atoms with van der Waals surface area (Å²) in [7, 11) is 0. The van der Waals surface area contributed by atoms with Gasteiger partial charge in [-0.2, -0.15) is 5.10 Å². The molecule has 0 N–H and O–H groups in total. The topological polar surface area (TPSA) is 58.4 Å². The van der Waals surface area contributed by atoms with Gasteiger partial charge in [0.1, 0.15) is 6.54 Å². The zero-order chi connectivity index (χ0) is 20.1. The number of carbonyl (C=O) groups excluding carboxylic acids is 1. The number of benzene rings is 2. The van der Waals surface area contributed by atoms with E-state index in [2.05, 4.69) is 34.3 Å². The van der Waals surface area contributed by atoms with Crippen molar-refractivity contribution in [3.8, 4) is 0 Å². The largest absolute Gasteiger partial charge is 0.339 e. The Kier molecular flexibility index (Phi) is 5.81. The number of aromatic nitrogens is 2. The molecule has 148 valence electrons. The molecule has 4 rings (SSSR count). The fourth-order valence-electron chi connectivity index (χ4n) is 3.55. The van der Waals surface area contributed by atoms with Crippen molar-refractivity contribution in [1.29, 1.82) is 0 Å². The molecule has 0 unspecified atom stereocenters. The van der Waals surface area contributed by atoms with Crippen LogP contribution in [0.1, 0.15) is 5.56 Å². The van der Waals surface area contributed by atoms with E-state index in [4.69, 9.17) is 0 Å². The van der Waals surface area contributed by atoms with Crippen LogP contribution in [0.3, 0.4) is 0 Å². The molecule has 0 atom stereocenters. The zero-order valence-electron chi connectivity index (χ0n) is 16.3. The van der Waals surface area contributed by atoms with Crippen LogP contribution in [0.25, 0.3) is 16.8 Å². The summed E-state index contributed by atoms with van der Waals surface area (Å²) in [5.41, 5.74) is 0.968. The summed E-state index contributed by atoms with van der Waals surface area (Å²) in [5, 5.41) is 5.54. The van der Waals surface area contributed by atoms with E-state index in [1.165, 1.54) is 10.2 Å². The molecule has 0 radical (unpaired) electrons. The molecule has 0 aliphatic carbocycles. The quantitative estimate of drug-likeness (QED) is 0.673. The standard InChI is InChI=1S/C23H24N4O2/c28-22(18-27-23(29)21-11-5-4-10-20(21)17-24-27)26-15-13-25(14-16-26)12-6-9-19-7-2-1-3-8-19/h1-11,17H,12-16,18H2. The fraction of sp³-hybridized carbons (Fsp3) is 0.261. The summed E-state index contributed by atoms with van der Waals surface area (Å²) < 4.78 is 1.26. The molecule has 29 heavy (non-hydrogen) atoms. The molecule has 0 spiro atoms. The number of fused-ring (bicyclic) bond motifs is 1. The van der Waals surface area contributed by atoms with Crippen LogP contribution in [-0.2, 0) is 11.3 Å². The molecule has 2 aromatic carbocycles. The molecule has 1 saturated heterocycles. The third kappa shape index (κ3) is 4.60. The van der Waals surface area contributed by atoms with Gasteiger partial charge in [0.25, 0.3) is 5.56 Å². The zero-order valence-corrected chi connectivity index (χ0v) is 16.3. The molecule has 1 aromatic heterocycles. The summed E-state index contributed by atoms with van der Waals surface area (Å²) >= 11 is 0. The van der Waals surface area contributed by atoms with E-state index >= 15 is 0 Å². The molecule has 1 amide bonds. The highest BCUT2D eigenvalue weighted by atomic mass is 16.2. The first-order valence-corrected chi connectivity index (χ1v) is 9.87. The van der Waals surface area contributed by atoms with Gasteiger partial charge in [0, 0.05) is 38.1 Å². The van der Waals surface area contributed by atoms with Crippen LogP contribution in [0.5, 0.6) is 0 Å². The van der Waals surface area contributed by atoms with Crippen LogP contribution in [-0.4, -0.2) is 58.2 Å². The van der Waals surface area contributed by atoms with Gasteiger partial charge < -0.3 is 4.90 Å². The highest BCUT2D eigenvalue weighted by molar-refractivity contribution is 5.81. The number of rotatable bonds is 5. The second kappa shape index (κ2) is 8.84. The third-order valence-corrected chi connectivity index (χ3v) is 5.25. The molecule has 1 aliphatic rings. The molecule has 2 heterocycles. The van der Waals surface area contributed by atoms with Crippen molar-refractivity contribution in [3.63, 3.8) is 0 Å². The number of amides is 1. The summed E-state index contributed by atoms with van der Waals surface area (Å²) in [6.07, 6.45) is 5.92. The van der Waals surface area contributed by atoms with Crippen LogP contribution < -0.4 is 5.56 Å². The maximum Gasteiger partial charge on any atom is 0.275 e. The molecular weight excluding hydrogens is 364 g/mol. The van der Waals surface area contributed by atoms with E-state index < -0.39 is 0 Å².